The van der Waals surface area contributed by atoms with Crippen LogP contribution in [0.15, 0.2) is 33.2 Å². The van der Waals surface area contributed by atoms with E-state index in [0.29, 0.717) is 17.9 Å². The highest BCUT2D eigenvalue weighted by molar-refractivity contribution is 9.10. The van der Waals surface area contributed by atoms with Crippen molar-refractivity contribution in [3.05, 3.63) is 34.5 Å². The zero-order chi connectivity index (χ0) is 12.7. The monoisotopic (exact) mass is 307 g/mol. The molecule has 1 aliphatic carbocycles. The van der Waals surface area contributed by atoms with Crippen molar-refractivity contribution in [2.24, 2.45) is 5.92 Å². The van der Waals surface area contributed by atoms with Gasteiger partial charge >= 0.3 is 0 Å². The maximum atomic E-state index is 6.00. The maximum absolute atomic E-state index is 6.00. The lowest BCUT2D eigenvalue weighted by atomic mass is 9.67. The molecule has 1 saturated carbocycles. The molecule has 96 valence electrons. The summed E-state index contributed by atoms with van der Waals surface area (Å²) in [6.07, 6.45) is 2.40. The van der Waals surface area contributed by atoms with Gasteiger partial charge in [0, 0.05) is 21.8 Å². The van der Waals surface area contributed by atoms with Crippen molar-refractivity contribution < 1.29 is 4.42 Å². The predicted octanol–water partition coefficient (Wildman–Crippen LogP) is 4.30. The summed E-state index contributed by atoms with van der Waals surface area (Å²) >= 11 is 3.50. The van der Waals surface area contributed by atoms with Crippen LogP contribution in [0.1, 0.15) is 31.4 Å². The summed E-state index contributed by atoms with van der Waals surface area (Å²) in [7, 11) is 2.05. The molecule has 0 amide bonds. The summed E-state index contributed by atoms with van der Waals surface area (Å²) in [5.41, 5.74) is 0.996. The van der Waals surface area contributed by atoms with Gasteiger partial charge in [-0.2, -0.15) is 0 Å². The van der Waals surface area contributed by atoms with E-state index < -0.39 is 0 Å². The van der Waals surface area contributed by atoms with E-state index in [-0.39, 0.29) is 0 Å². The zero-order valence-electron chi connectivity index (χ0n) is 10.7. The van der Waals surface area contributed by atoms with Gasteiger partial charge in [0.05, 0.1) is 0 Å². The SMILES string of the molecule is CCC1C(NC)CC1c1cc2cc(Br)ccc2o1. The lowest BCUT2D eigenvalue weighted by molar-refractivity contribution is 0.151. The molecule has 0 saturated heterocycles. The molecule has 1 N–H and O–H groups in total. The molecule has 1 heterocycles. The molecule has 3 atom stereocenters. The van der Waals surface area contributed by atoms with E-state index in [1.54, 1.807) is 0 Å². The molecule has 2 aromatic rings. The maximum Gasteiger partial charge on any atom is 0.134 e. The minimum atomic E-state index is 0.582. The van der Waals surface area contributed by atoms with Gasteiger partial charge in [0.1, 0.15) is 11.3 Å². The minimum Gasteiger partial charge on any atom is -0.461 e. The first-order chi connectivity index (χ1) is 8.72. The van der Waals surface area contributed by atoms with Crippen LogP contribution in [0.5, 0.6) is 0 Å². The van der Waals surface area contributed by atoms with Gasteiger partial charge < -0.3 is 9.73 Å². The fourth-order valence-corrected chi connectivity index (χ4v) is 3.53. The van der Waals surface area contributed by atoms with Crippen molar-refractivity contribution in [1.29, 1.82) is 0 Å². The molecule has 3 unspecified atom stereocenters. The van der Waals surface area contributed by atoms with Crippen LogP contribution in [-0.4, -0.2) is 13.1 Å². The van der Waals surface area contributed by atoms with Crippen molar-refractivity contribution in [1.82, 2.24) is 5.32 Å². The summed E-state index contributed by atoms with van der Waals surface area (Å²) in [5, 5.41) is 4.59. The van der Waals surface area contributed by atoms with E-state index >= 15 is 0 Å². The first-order valence-electron chi connectivity index (χ1n) is 6.59. The highest BCUT2D eigenvalue weighted by Gasteiger charge is 2.41. The third-order valence-electron chi connectivity index (χ3n) is 4.25. The number of hydrogen-bond donors (Lipinski definition) is 1. The van der Waals surface area contributed by atoms with Crippen LogP contribution in [0.4, 0.5) is 0 Å². The van der Waals surface area contributed by atoms with Gasteiger partial charge in [-0.15, -0.1) is 0 Å². The molecule has 0 radical (unpaired) electrons. The Hall–Kier alpha value is -0.800. The Morgan fingerprint density at radius 2 is 2.22 bits per heavy atom. The third-order valence-corrected chi connectivity index (χ3v) is 4.74. The first-order valence-corrected chi connectivity index (χ1v) is 7.38. The molecule has 1 aromatic carbocycles. The van der Waals surface area contributed by atoms with Crippen LogP contribution in [-0.2, 0) is 0 Å². The molecule has 1 fully saturated rings. The van der Waals surface area contributed by atoms with Gasteiger partial charge in [-0.05, 0) is 43.7 Å². The van der Waals surface area contributed by atoms with Crippen molar-refractivity contribution in [3.63, 3.8) is 0 Å². The second kappa shape index (κ2) is 4.71. The molecule has 1 aliphatic rings. The standard InChI is InChI=1S/C15H18BrNO/c1-3-11-12(8-13(11)17-2)15-7-9-6-10(16)4-5-14(9)18-15/h4-7,11-13,17H,3,8H2,1-2H3. The predicted molar refractivity (Wildman–Crippen MR) is 77.9 cm³/mol. The Balaban J connectivity index is 1.91. The van der Waals surface area contributed by atoms with Crippen molar-refractivity contribution in [2.75, 3.05) is 7.05 Å². The second-order valence-corrected chi connectivity index (χ2v) is 6.06. The third kappa shape index (κ3) is 1.90. The van der Waals surface area contributed by atoms with Gasteiger partial charge in [-0.3, -0.25) is 0 Å². The van der Waals surface area contributed by atoms with Crippen molar-refractivity contribution in [2.45, 2.75) is 31.7 Å². The number of hydrogen-bond acceptors (Lipinski definition) is 2. The number of furan rings is 1. The lowest BCUT2D eigenvalue weighted by Crippen LogP contribution is -2.47. The lowest BCUT2D eigenvalue weighted by Gasteiger charge is -2.43. The quantitative estimate of drug-likeness (QED) is 0.914. The molecule has 0 bridgehead atoms. The highest BCUT2D eigenvalue weighted by Crippen LogP contribution is 2.45. The number of halogens is 1. The normalized spacial score (nSPS) is 27.4. The molecule has 18 heavy (non-hydrogen) atoms. The second-order valence-electron chi connectivity index (χ2n) is 5.14. The van der Waals surface area contributed by atoms with E-state index in [4.69, 9.17) is 4.42 Å². The van der Waals surface area contributed by atoms with E-state index in [1.165, 1.54) is 18.2 Å². The number of nitrogens with one attached hydrogen (secondary N) is 1. The molecule has 1 aromatic heterocycles. The average molecular weight is 308 g/mol. The van der Waals surface area contributed by atoms with Crippen LogP contribution in [0.3, 0.4) is 0 Å². The van der Waals surface area contributed by atoms with Gasteiger partial charge in [0.2, 0.25) is 0 Å². The molecule has 3 rings (SSSR count). The summed E-state index contributed by atoms with van der Waals surface area (Å²) < 4.78 is 7.11. The smallest absolute Gasteiger partial charge is 0.134 e. The fraction of sp³-hybridized carbons (Fsp3) is 0.467. The molecule has 3 heteroatoms. The number of fused-ring (bicyclic) bond motifs is 1. The minimum absolute atomic E-state index is 0.582. The average Bonchev–Trinajstić information content (AvgIpc) is 2.71. The van der Waals surface area contributed by atoms with Crippen LogP contribution in [0, 0.1) is 5.92 Å². The number of rotatable bonds is 3. The van der Waals surface area contributed by atoms with Crippen molar-refractivity contribution in [3.8, 4) is 0 Å². The molecular formula is C15H18BrNO. The van der Waals surface area contributed by atoms with E-state index in [9.17, 15) is 0 Å². The highest BCUT2D eigenvalue weighted by atomic mass is 79.9. The molecule has 2 nitrogen and oxygen atoms in total. The van der Waals surface area contributed by atoms with E-state index in [0.717, 1.165) is 15.8 Å². The van der Waals surface area contributed by atoms with Gasteiger partial charge in [-0.25, -0.2) is 0 Å². The van der Waals surface area contributed by atoms with Gasteiger partial charge in [0.15, 0.2) is 0 Å². The van der Waals surface area contributed by atoms with Gasteiger partial charge in [0.25, 0.3) is 0 Å². The largest absolute Gasteiger partial charge is 0.461 e. The van der Waals surface area contributed by atoms with Crippen LogP contribution in [0.2, 0.25) is 0 Å². The fourth-order valence-electron chi connectivity index (χ4n) is 3.15. The van der Waals surface area contributed by atoms with Crippen molar-refractivity contribution >= 4 is 26.9 Å². The van der Waals surface area contributed by atoms with E-state index in [1.807, 2.05) is 12.1 Å². The topological polar surface area (TPSA) is 25.2 Å². The Labute approximate surface area is 116 Å². The Morgan fingerprint density at radius 1 is 1.39 bits per heavy atom. The van der Waals surface area contributed by atoms with Gasteiger partial charge in [-0.1, -0.05) is 29.3 Å². The molecule has 0 aliphatic heterocycles. The molecule has 0 spiro atoms. The first kappa shape index (κ1) is 12.2. The Kier molecular flexibility index (Phi) is 3.20. The Bertz CT molecular complexity index is 563. The number of benzene rings is 1. The summed E-state index contributed by atoms with van der Waals surface area (Å²) in [6.45, 7) is 2.26. The molecular weight excluding hydrogens is 290 g/mol. The summed E-state index contributed by atoms with van der Waals surface area (Å²) in [6, 6.07) is 9.05. The summed E-state index contributed by atoms with van der Waals surface area (Å²) in [4.78, 5) is 0. The Morgan fingerprint density at radius 3 is 2.94 bits per heavy atom. The van der Waals surface area contributed by atoms with Crippen LogP contribution >= 0.6 is 15.9 Å². The summed E-state index contributed by atoms with van der Waals surface area (Å²) in [5.74, 6) is 2.44. The van der Waals surface area contributed by atoms with Crippen LogP contribution < -0.4 is 5.32 Å². The zero-order valence-corrected chi connectivity index (χ0v) is 12.3. The van der Waals surface area contributed by atoms with Crippen LogP contribution in [0.25, 0.3) is 11.0 Å². The van der Waals surface area contributed by atoms with E-state index in [2.05, 4.69) is 47.4 Å².